The van der Waals surface area contributed by atoms with Gasteiger partial charge in [0.05, 0.1) is 0 Å². The molecule has 1 fully saturated rings. The molecule has 0 saturated carbocycles. The molecule has 1 aromatic heterocycles. The van der Waals surface area contributed by atoms with Gasteiger partial charge in [0, 0.05) is 30.6 Å². The summed E-state index contributed by atoms with van der Waals surface area (Å²) in [4.78, 5) is 4.38. The molecular weight excluding hydrogens is 200 g/mol. The second-order valence-corrected chi connectivity index (χ2v) is 4.66. The summed E-state index contributed by atoms with van der Waals surface area (Å²) < 4.78 is 5.37. The van der Waals surface area contributed by atoms with E-state index in [-0.39, 0.29) is 6.04 Å². The lowest BCUT2D eigenvalue weighted by Gasteiger charge is -2.28. The van der Waals surface area contributed by atoms with Gasteiger partial charge in [-0.3, -0.25) is 4.98 Å². The maximum atomic E-state index is 6.32. The Labute approximate surface area is 97.0 Å². The first-order chi connectivity index (χ1) is 7.66. The highest BCUT2D eigenvalue weighted by atomic mass is 16.5. The second-order valence-electron chi connectivity index (χ2n) is 4.66. The number of hydrogen-bond donors (Lipinski definition) is 1. The summed E-state index contributed by atoms with van der Waals surface area (Å²) in [5, 5.41) is 0. The molecule has 3 nitrogen and oxygen atoms in total. The first-order valence-electron chi connectivity index (χ1n) is 5.95. The molecule has 88 valence electrons. The van der Waals surface area contributed by atoms with Crippen molar-refractivity contribution < 1.29 is 4.74 Å². The average molecular weight is 220 g/mol. The van der Waals surface area contributed by atoms with Gasteiger partial charge in [0.1, 0.15) is 0 Å². The van der Waals surface area contributed by atoms with E-state index in [1.54, 1.807) is 0 Å². The first kappa shape index (κ1) is 11.6. The number of rotatable bonds is 2. The topological polar surface area (TPSA) is 48.1 Å². The molecule has 1 aromatic rings. The van der Waals surface area contributed by atoms with Gasteiger partial charge in [-0.05, 0) is 50.3 Å². The Balaban J connectivity index is 2.15. The maximum Gasteiger partial charge on any atom is 0.0469 e. The van der Waals surface area contributed by atoms with E-state index < -0.39 is 0 Å². The fourth-order valence-electron chi connectivity index (χ4n) is 2.41. The summed E-state index contributed by atoms with van der Waals surface area (Å²) in [6, 6.07) is 4.34. The zero-order chi connectivity index (χ0) is 11.5. The van der Waals surface area contributed by atoms with E-state index in [0.717, 1.165) is 37.4 Å². The summed E-state index contributed by atoms with van der Waals surface area (Å²) >= 11 is 0. The normalized spacial score (nSPS) is 19.7. The molecule has 0 radical (unpaired) electrons. The number of aromatic nitrogens is 1. The third-order valence-corrected chi connectivity index (χ3v) is 3.26. The molecule has 16 heavy (non-hydrogen) atoms. The Morgan fingerprint density at radius 1 is 1.25 bits per heavy atom. The Bertz CT molecular complexity index is 339. The van der Waals surface area contributed by atoms with Crippen molar-refractivity contribution in [1.82, 2.24) is 4.98 Å². The summed E-state index contributed by atoms with van der Waals surface area (Å²) in [7, 11) is 0. The average Bonchev–Trinajstić information content (AvgIpc) is 2.28. The van der Waals surface area contributed by atoms with Crippen molar-refractivity contribution in [3.05, 3.63) is 29.1 Å². The lowest BCUT2D eigenvalue weighted by atomic mass is 9.87. The van der Waals surface area contributed by atoms with Crippen LogP contribution in [-0.4, -0.2) is 18.2 Å². The Hall–Kier alpha value is -0.930. The van der Waals surface area contributed by atoms with Gasteiger partial charge < -0.3 is 10.5 Å². The molecule has 2 rings (SSSR count). The molecule has 2 heterocycles. The van der Waals surface area contributed by atoms with E-state index in [4.69, 9.17) is 10.5 Å². The molecule has 0 aliphatic carbocycles. The van der Waals surface area contributed by atoms with Gasteiger partial charge >= 0.3 is 0 Å². The van der Waals surface area contributed by atoms with Crippen molar-refractivity contribution in [3.63, 3.8) is 0 Å². The fraction of sp³-hybridized carbons (Fsp3) is 0.615. The van der Waals surface area contributed by atoms with E-state index in [0.29, 0.717) is 5.92 Å². The predicted octanol–water partition coefficient (Wildman–Crippen LogP) is 2.12. The lowest BCUT2D eigenvalue weighted by molar-refractivity contribution is 0.0583. The van der Waals surface area contributed by atoms with Crippen LogP contribution in [0.25, 0.3) is 0 Å². The van der Waals surface area contributed by atoms with Crippen LogP contribution in [0.2, 0.25) is 0 Å². The monoisotopic (exact) mass is 220 g/mol. The number of ether oxygens (including phenoxy) is 1. The van der Waals surface area contributed by atoms with Crippen molar-refractivity contribution in [2.24, 2.45) is 11.7 Å². The summed E-state index contributed by atoms with van der Waals surface area (Å²) in [6.45, 7) is 5.74. The molecule has 0 aromatic carbocycles. The first-order valence-corrected chi connectivity index (χ1v) is 5.95. The van der Waals surface area contributed by atoms with E-state index in [9.17, 15) is 0 Å². The largest absolute Gasteiger partial charge is 0.381 e. The molecule has 2 N–H and O–H groups in total. The van der Waals surface area contributed by atoms with Gasteiger partial charge in [-0.25, -0.2) is 0 Å². The van der Waals surface area contributed by atoms with Crippen LogP contribution in [0.3, 0.4) is 0 Å². The van der Waals surface area contributed by atoms with Crippen molar-refractivity contribution >= 4 is 0 Å². The third-order valence-electron chi connectivity index (χ3n) is 3.26. The highest BCUT2D eigenvalue weighted by Gasteiger charge is 2.22. The number of hydrogen-bond acceptors (Lipinski definition) is 3. The quantitative estimate of drug-likeness (QED) is 0.830. The minimum absolute atomic E-state index is 0.129. The van der Waals surface area contributed by atoms with Crippen LogP contribution in [0.1, 0.15) is 35.8 Å². The molecular formula is C13H20N2O. The van der Waals surface area contributed by atoms with E-state index in [2.05, 4.69) is 17.1 Å². The number of aryl methyl sites for hydroxylation is 2. The smallest absolute Gasteiger partial charge is 0.0469 e. The lowest BCUT2D eigenvalue weighted by Crippen LogP contribution is -2.27. The minimum Gasteiger partial charge on any atom is -0.381 e. The number of nitrogens with two attached hydrogens (primary N) is 1. The van der Waals surface area contributed by atoms with E-state index >= 15 is 0 Å². The molecule has 1 unspecified atom stereocenters. The zero-order valence-corrected chi connectivity index (χ0v) is 10.1. The van der Waals surface area contributed by atoms with Crippen LogP contribution in [0.4, 0.5) is 0 Å². The SMILES string of the molecule is Cc1cc(C(N)C2CCOCC2)cc(C)n1. The van der Waals surface area contributed by atoms with Gasteiger partial charge in [-0.1, -0.05) is 0 Å². The van der Waals surface area contributed by atoms with Crippen LogP contribution in [0.15, 0.2) is 12.1 Å². The highest BCUT2D eigenvalue weighted by Crippen LogP contribution is 2.28. The van der Waals surface area contributed by atoms with Crippen LogP contribution in [-0.2, 0) is 4.74 Å². The Morgan fingerprint density at radius 2 is 1.81 bits per heavy atom. The van der Waals surface area contributed by atoms with Crippen molar-refractivity contribution in [2.45, 2.75) is 32.7 Å². The summed E-state index contributed by atoms with van der Waals surface area (Å²) in [5.41, 5.74) is 9.65. The third kappa shape index (κ3) is 2.60. The second kappa shape index (κ2) is 4.93. The van der Waals surface area contributed by atoms with Crippen molar-refractivity contribution in [3.8, 4) is 0 Å². The Morgan fingerprint density at radius 3 is 2.38 bits per heavy atom. The molecule has 0 spiro atoms. The molecule has 0 bridgehead atoms. The van der Waals surface area contributed by atoms with Gasteiger partial charge in [0.2, 0.25) is 0 Å². The number of nitrogens with zero attached hydrogens (tertiary/aromatic N) is 1. The Kier molecular flexibility index (Phi) is 3.56. The predicted molar refractivity (Wildman–Crippen MR) is 64.2 cm³/mol. The molecule has 3 heteroatoms. The van der Waals surface area contributed by atoms with Crippen LogP contribution < -0.4 is 5.73 Å². The van der Waals surface area contributed by atoms with Crippen molar-refractivity contribution in [1.29, 1.82) is 0 Å². The van der Waals surface area contributed by atoms with Gasteiger partial charge in [-0.2, -0.15) is 0 Å². The van der Waals surface area contributed by atoms with Gasteiger partial charge in [0.15, 0.2) is 0 Å². The van der Waals surface area contributed by atoms with Crippen LogP contribution in [0, 0.1) is 19.8 Å². The zero-order valence-electron chi connectivity index (χ0n) is 10.1. The van der Waals surface area contributed by atoms with E-state index in [1.807, 2.05) is 13.8 Å². The molecule has 0 amide bonds. The maximum absolute atomic E-state index is 6.32. The minimum atomic E-state index is 0.129. The van der Waals surface area contributed by atoms with Crippen LogP contribution in [0.5, 0.6) is 0 Å². The van der Waals surface area contributed by atoms with E-state index in [1.165, 1.54) is 5.56 Å². The van der Waals surface area contributed by atoms with Gasteiger partial charge in [-0.15, -0.1) is 0 Å². The van der Waals surface area contributed by atoms with Crippen molar-refractivity contribution in [2.75, 3.05) is 13.2 Å². The fourth-order valence-corrected chi connectivity index (χ4v) is 2.41. The standard InChI is InChI=1S/C13H20N2O/c1-9-7-12(8-10(2)15-9)13(14)11-3-5-16-6-4-11/h7-8,11,13H,3-6,14H2,1-2H3. The molecule has 1 saturated heterocycles. The molecule has 1 aliphatic rings. The summed E-state index contributed by atoms with van der Waals surface area (Å²) in [5.74, 6) is 0.551. The molecule has 1 atom stereocenters. The highest BCUT2D eigenvalue weighted by molar-refractivity contribution is 5.24. The van der Waals surface area contributed by atoms with Gasteiger partial charge in [0.25, 0.3) is 0 Å². The summed E-state index contributed by atoms with van der Waals surface area (Å²) in [6.07, 6.45) is 2.14. The molecule has 1 aliphatic heterocycles. The van der Waals surface area contributed by atoms with Crippen LogP contribution >= 0.6 is 0 Å². The number of pyridine rings is 1.